The van der Waals surface area contributed by atoms with Crippen LogP contribution in [0, 0.1) is 0 Å². The van der Waals surface area contributed by atoms with E-state index in [1.807, 2.05) is 0 Å². The predicted molar refractivity (Wildman–Crippen MR) is 256 cm³/mol. The fraction of sp³-hybridized carbons (Fsp3) is 0.0667. The molecule has 9 aromatic carbocycles. The fourth-order valence-corrected chi connectivity index (χ4v) is 10.9. The van der Waals surface area contributed by atoms with Crippen LogP contribution in [0.15, 0.2) is 212 Å². The zero-order chi connectivity index (χ0) is 40.7. The molecule has 0 amide bonds. The lowest BCUT2D eigenvalue weighted by molar-refractivity contribution is 0.660. The van der Waals surface area contributed by atoms with Crippen molar-refractivity contribution in [3.05, 3.63) is 257 Å². The van der Waals surface area contributed by atoms with Crippen LogP contribution in [0.1, 0.15) is 58.4 Å². The van der Waals surface area contributed by atoms with Crippen LogP contribution in [0.25, 0.3) is 56.7 Å². The minimum absolute atomic E-state index is 0.100. The van der Waals surface area contributed by atoms with Gasteiger partial charge in [-0.1, -0.05) is 196 Å². The number of anilines is 3. The van der Waals surface area contributed by atoms with Gasteiger partial charge in [-0.05, 0) is 131 Å². The first-order valence-corrected chi connectivity index (χ1v) is 21.4. The Balaban J connectivity index is 0.974. The van der Waals surface area contributed by atoms with Crippen molar-refractivity contribution in [3.63, 3.8) is 0 Å². The molecule has 0 saturated carbocycles. The summed E-state index contributed by atoms with van der Waals surface area (Å²) in [5.74, 6) is 0. The summed E-state index contributed by atoms with van der Waals surface area (Å²) in [4.78, 5) is 2.41. The van der Waals surface area contributed by atoms with Crippen LogP contribution in [-0.2, 0) is 10.8 Å². The molecule has 0 aliphatic heterocycles. The standard InChI is InChI=1S/C60H43N/c1-59(2)55-22-12-8-18-49(55)51-36-35-48(39-58(51)59)61(46-31-26-41(27-32-46)40-14-4-3-5-15-40)47-33-28-42(29-34-47)45-30-37-57-52(38-45)50-19-9-13-23-56(50)60(57)53-20-10-6-16-43(53)24-25-44-17-7-11-21-54(44)60/h3-39H,1-2H3. The second kappa shape index (κ2) is 13.5. The highest BCUT2D eigenvalue weighted by molar-refractivity contribution is 5.93. The Bertz CT molecular complexity index is 3150. The smallest absolute Gasteiger partial charge is 0.0725 e. The molecule has 1 spiro atoms. The molecule has 0 radical (unpaired) electrons. The van der Waals surface area contributed by atoms with Crippen molar-refractivity contribution in [2.75, 3.05) is 4.90 Å². The molecule has 1 heteroatoms. The van der Waals surface area contributed by atoms with E-state index in [2.05, 4.69) is 243 Å². The number of rotatable bonds is 5. The normalized spacial score (nSPS) is 14.3. The molecule has 3 aliphatic rings. The number of benzene rings is 9. The Labute approximate surface area is 358 Å². The summed E-state index contributed by atoms with van der Waals surface area (Å²) in [5, 5.41) is 0. The first kappa shape index (κ1) is 35.5. The van der Waals surface area contributed by atoms with Crippen LogP contribution >= 0.6 is 0 Å². The van der Waals surface area contributed by atoms with Crippen LogP contribution < -0.4 is 4.90 Å². The SMILES string of the molecule is CC1(C)c2ccccc2-c2ccc(N(c3ccc(-c4ccccc4)cc3)c3ccc(-c4ccc5c(c4)-c4ccccc4C54c5ccccc5C=Cc5ccccc54)cc3)cc21. The third-order valence-electron chi connectivity index (χ3n) is 13.7. The third-order valence-corrected chi connectivity index (χ3v) is 13.7. The van der Waals surface area contributed by atoms with E-state index in [1.54, 1.807) is 0 Å². The number of hydrogen-bond donors (Lipinski definition) is 0. The van der Waals surface area contributed by atoms with Crippen LogP contribution in [0.2, 0.25) is 0 Å². The van der Waals surface area contributed by atoms with E-state index in [-0.39, 0.29) is 5.41 Å². The van der Waals surface area contributed by atoms with Crippen LogP contribution in [-0.4, -0.2) is 0 Å². The maximum atomic E-state index is 2.43. The van der Waals surface area contributed by atoms with Gasteiger partial charge in [-0.2, -0.15) is 0 Å². The van der Waals surface area contributed by atoms with Gasteiger partial charge in [0.25, 0.3) is 0 Å². The van der Waals surface area contributed by atoms with Gasteiger partial charge in [-0.25, -0.2) is 0 Å². The molecule has 9 aromatic rings. The molecule has 12 rings (SSSR count). The molecule has 0 saturated heterocycles. The number of nitrogens with zero attached hydrogens (tertiary/aromatic N) is 1. The Kier molecular flexibility index (Phi) is 7.86. The van der Waals surface area contributed by atoms with Gasteiger partial charge in [-0.3, -0.25) is 0 Å². The lowest BCUT2D eigenvalue weighted by Crippen LogP contribution is -2.29. The molecule has 1 nitrogen and oxygen atoms in total. The van der Waals surface area contributed by atoms with Gasteiger partial charge in [0, 0.05) is 22.5 Å². The van der Waals surface area contributed by atoms with Gasteiger partial charge in [0.05, 0.1) is 5.41 Å². The van der Waals surface area contributed by atoms with E-state index in [4.69, 9.17) is 0 Å². The number of fused-ring (bicyclic) bond motifs is 12. The van der Waals surface area contributed by atoms with Gasteiger partial charge in [0.15, 0.2) is 0 Å². The highest BCUT2D eigenvalue weighted by Crippen LogP contribution is 2.59. The average Bonchev–Trinajstić information content (AvgIpc) is 3.67. The summed E-state index contributed by atoms with van der Waals surface area (Å²) in [5.41, 5.74) is 23.6. The van der Waals surface area contributed by atoms with Crippen molar-refractivity contribution in [3.8, 4) is 44.5 Å². The quantitative estimate of drug-likeness (QED) is 0.168. The second-order valence-corrected chi connectivity index (χ2v) is 17.3. The van der Waals surface area contributed by atoms with Crippen molar-refractivity contribution in [1.82, 2.24) is 0 Å². The average molecular weight is 778 g/mol. The first-order chi connectivity index (χ1) is 30.0. The van der Waals surface area contributed by atoms with E-state index in [1.165, 1.54) is 89.0 Å². The van der Waals surface area contributed by atoms with Gasteiger partial charge in [0.1, 0.15) is 0 Å². The summed E-state index contributed by atoms with van der Waals surface area (Å²) in [6.45, 7) is 4.71. The molecule has 0 unspecified atom stereocenters. The lowest BCUT2D eigenvalue weighted by atomic mass is 9.66. The van der Waals surface area contributed by atoms with E-state index >= 15 is 0 Å². The topological polar surface area (TPSA) is 3.24 Å². The minimum Gasteiger partial charge on any atom is -0.310 e. The van der Waals surface area contributed by atoms with Gasteiger partial charge in [0.2, 0.25) is 0 Å². The molecule has 0 aromatic heterocycles. The molecule has 61 heavy (non-hydrogen) atoms. The molecule has 0 N–H and O–H groups in total. The van der Waals surface area contributed by atoms with Crippen molar-refractivity contribution in [1.29, 1.82) is 0 Å². The zero-order valence-electron chi connectivity index (χ0n) is 34.3. The van der Waals surface area contributed by atoms with Crippen molar-refractivity contribution >= 4 is 29.2 Å². The van der Waals surface area contributed by atoms with E-state index in [9.17, 15) is 0 Å². The maximum absolute atomic E-state index is 2.43. The second-order valence-electron chi connectivity index (χ2n) is 17.3. The summed E-state index contributed by atoms with van der Waals surface area (Å²) >= 11 is 0. The number of hydrogen-bond acceptors (Lipinski definition) is 1. The minimum atomic E-state index is -0.423. The monoisotopic (exact) mass is 777 g/mol. The van der Waals surface area contributed by atoms with Gasteiger partial charge in [-0.15, -0.1) is 0 Å². The fourth-order valence-electron chi connectivity index (χ4n) is 10.9. The Hall–Kier alpha value is -7.48. The summed E-state index contributed by atoms with van der Waals surface area (Å²) in [6, 6.07) is 78.9. The van der Waals surface area contributed by atoms with Gasteiger partial charge >= 0.3 is 0 Å². The summed E-state index contributed by atoms with van der Waals surface area (Å²) < 4.78 is 0. The Morgan fingerprint density at radius 2 is 0.738 bits per heavy atom. The highest BCUT2D eigenvalue weighted by atomic mass is 15.1. The van der Waals surface area contributed by atoms with Crippen LogP contribution in [0.5, 0.6) is 0 Å². The molecular weight excluding hydrogens is 735 g/mol. The first-order valence-electron chi connectivity index (χ1n) is 21.4. The predicted octanol–water partition coefficient (Wildman–Crippen LogP) is 15.6. The summed E-state index contributed by atoms with van der Waals surface area (Å²) in [7, 11) is 0. The van der Waals surface area contributed by atoms with E-state index in [0.717, 1.165) is 17.1 Å². The summed E-state index contributed by atoms with van der Waals surface area (Å²) in [6.07, 6.45) is 4.59. The Morgan fingerprint density at radius 1 is 0.295 bits per heavy atom. The molecule has 0 fully saturated rings. The molecule has 288 valence electrons. The lowest BCUT2D eigenvalue weighted by Gasteiger charge is -2.35. The van der Waals surface area contributed by atoms with Crippen molar-refractivity contribution in [2.24, 2.45) is 0 Å². The maximum Gasteiger partial charge on any atom is 0.0725 e. The van der Waals surface area contributed by atoms with Crippen molar-refractivity contribution in [2.45, 2.75) is 24.7 Å². The third kappa shape index (κ3) is 5.27. The molecular formula is C60H43N. The van der Waals surface area contributed by atoms with E-state index < -0.39 is 5.41 Å². The molecule has 3 aliphatic carbocycles. The van der Waals surface area contributed by atoms with Crippen molar-refractivity contribution < 1.29 is 0 Å². The largest absolute Gasteiger partial charge is 0.310 e. The highest BCUT2D eigenvalue weighted by Gasteiger charge is 2.48. The molecule has 0 heterocycles. The zero-order valence-corrected chi connectivity index (χ0v) is 34.3. The van der Waals surface area contributed by atoms with Crippen LogP contribution in [0.4, 0.5) is 17.1 Å². The molecule has 0 bridgehead atoms. The van der Waals surface area contributed by atoms with Gasteiger partial charge < -0.3 is 4.90 Å². The van der Waals surface area contributed by atoms with E-state index in [0.29, 0.717) is 0 Å². The Morgan fingerprint density at radius 3 is 1.38 bits per heavy atom. The van der Waals surface area contributed by atoms with Crippen LogP contribution in [0.3, 0.4) is 0 Å². The molecule has 0 atom stereocenters.